The predicted octanol–water partition coefficient (Wildman–Crippen LogP) is 2.94. The van der Waals surface area contributed by atoms with Gasteiger partial charge in [0.2, 0.25) is 0 Å². The molecule has 2 unspecified atom stereocenters. The molecule has 1 aromatic carbocycles. The first-order valence-corrected chi connectivity index (χ1v) is 9.32. The van der Waals surface area contributed by atoms with E-state index in [4.69, 9.17) is 16.3 Å². The number of aromatic nitrogens is 2. The number of rotatable bonds is 3. The predicted molar refractivity (Wildman–Crippen MR) is 98.8 cm³/mol. The Balaban J connectivity index is 1.70. The van der Waals surface area contributed by atoms with Crippen molar-refractivity contribution >= 4 is 23.3 Å². The van der Waals surface area contributed by atoms with Crippen LogP contribution in [0.3, 0.4) is 0 Å². The van der Waals surface area contributed by atoms with Crippen LogP contribution in [0.4, 0.5) is 14.5 Å². The molecular formula is C19H18ClF2N3O3. The number of methoxy groups -OCH3 is 1. The molecule has 2 fully saturated rings. The molecule has 1 saturated heterocycles. The van der Waals surface area contributed by atoms with Gasteiger partial charge in [-0.2, -0.15) is 9.78 Å². The summed E-state index contributed by atoms with van der Waals surface area (Å²) in [6, 6.07) is 2.84. The number of ether oxygens (including phenoxy) is 1. The Morgan fingerprint density at radius 2 is 2.14 bits per heavy atom. The Bertz CT molecular complexity index is 1010. The third-order valence-corrected chi connectivity index (χ3v) is 6.20. The first kappa shape index (κ1) is 18.9. The first-order chi connectivity index (χ1) is 13.4. The van der Waals surface area contributed by atoms with Crippen molar-refractivity contribution in [2.75, 3.05) is 25.1 Å². The van der Waals surface area contributed by atoms with Gasteiger partial charge in [-0.1, -0.05) is 18.0 Å². The maximum absolute atomic E-state index is 14.0. The number of carbonyl (C=O) groups is 1. The molecule has 1 aliphatic heterocycles. The van der Waals surface area contributed by atoms with Crippen LogP contribution in [-0.4, -0.2) is 35.9 Å². The number of anilines is 1. The van der Waals surface area contributed by atoms with Gasteiger partial charge in [-0.05, 0) is 30.9 Å². The minimum Gasteiger partial charge on any atom is -0.469 e. The summed E-state index contributed by atoms with van der Waals surface area (Å²) in [7, 11) is 1.38. The van der Waals surface area contributed by atoms with Gasteiger partial charge in [-0.3, -0.25) is 9.59 Å². The van der Waals surface area contributed by atoms with Crippen LogP contribution >= 0.6 is 11.6 Å². The molecular weight excluding hydrogens is 392 g/mol. The zero-order valence-corrected chi connectivity index (χ0v) is 15.9. The molecule has 0 bridgehead atoms. The second-order valence-electron chi connectivity index (χ2n) is 7.27. The number of benzene rings is 1. The summed E-state index contributed by atoms with van der Waals surface area (Å²) in [6.45, 7) is 0.949. The second-order valence-corrected chi connectivity index (χ2v) is 7.65. The Kier molecular flexibility index (Phi) is 4.61. The van der Waals surface area contributed by atoms with E-state index < -0.39 is 22.6 Å². The van der Waals surface area contributed by atoms with E-state index in [1.54, 1.807) is 0 Å². The van der Waals surface area contributed by atoms with Crippen molar-refractivity contribution in [2.45, 2.75) is 19.3 Å². The summed E-state index contributed by atoms with van der Waals surface area (Å²) in [5, 5.41) is 3.90. The van der Waals surface area contributed by atoms with Gasteiger partial charge in [0.05, 0.1) is 24.4 Å². The molecule has 1 aliphatic carbocycles. The maximum Gasteiger partial charge on any atom is 0.313 e. The fourth-order valence-corrected chi connectivity index (χ4v) is 4.73. The van der Waals surface area contributed by atoms with E-state index in [0.717, 1.165) is 36.1 Å². The van der Waals surface area contributed by atoms with E-state index in [9.17, 15) is 18.4 Å². The largest absolute Gasteiger partial charge is 0.469 e. The molecule has 0 N–H and O–H groups in total. The van der Waals surface area contributed by atoms with E-state index in [1.165, 1.54) is 13.3 Å². The van der Waals surface area contributed by atoms with Crippen molar-refractivity contribution in [1.29, 1.82) is 0 Å². The molecule has 2 aliphatic rings. The molecule has 0 spiro atoms. The lowest BCUT2D eigenvalue weighted by Crippen LogP contribution is -2.37. The fraction of sp³-hybridized carbons (Fsp3) is 0.421. The Morgan fingerprint density at radius 3 is 2.86 bits per heavy atom. The van der Waals surface area contributed by atoms with Crippen LogP contribution in [0.15, 0.2) is 29.2 Å². The summed E-state index contributed by atoms with van der Waals surface area (Å²) in [4.78, 5) is 27.0. The van der Waals surface area contributed by atoms with Crippen LogP contribution < -0.4 is 10.5 Å². The van der Waals surface area contributed by atoms with Crippen LogP contribution in [0.25, 0.3) is 5.69 Å². The van der Waals surface area contributed by atoms with Crippen molar-refractivity contribution in [3.63, 3.8) is 0 Å². The highest BCUT2D eigenvalue weighted by molar-refractivity contribution is 6.33. The van der Waals surface area contributed by atoms with E-state index >= 15 is 0 Å². The molecule has 1 saturated carbocycles. The summed E-state index contributed by atoms with van der Waals surface area (Å²) in [5.41, 5.74) is -1.11. The van der Waals surface area contributed by atoms with Gasteiger partial charge < -0.3 is 9.64 Å². The lowest BCUT2D eigenvalue weighted by Gasteiger charge is -2.26. The lowest BCUT2D eigenvalue weighted by atomic mass is 9.81. The molecule has 0 amide bonds. The van der Waals surface area contributed by atoms with E-state index in [1.807, 2.05) is 4.90 Å². The SMILES string of the molecule is COC(=O)C12CCCC1CN(c1cnn(-c3ccc(F)cc3F)c(=O)c1Cl)C2. The highest BCUT2D eigenvalue weighted by Gasteiger charge is 2.55. The minimum atomic E-state index is -0.918. The van der Waals surface area contributed by atoms with Crippen molar-refractivity contribution in [3.05, 3.63) is 51.4 Å². The zero-order chi connectivity index (χ0) is 20.1. The van der Waals surface area contributed by atoms with Gasteiger partial charge >= 0.3 is 5.97 Å². The van der Waals surface area contributed by atoms with Gasteiger partial charge in [0.1, 0.15) is 16.5 Å². The summed E-state index contributed by atoms with van der Waals surface area (Å²) in [5.74, 6) is -1.80. The topological polar surface area (TPSA) is 64.4 Å². The van der Waals surface area contributed by atoms with Crippen LogP contribution in [0.5, 0.6) is 0 Å². The van der Waals surface area contributed by atoms with Crippen LogP contribution in [0.2, 0.25) is 5.02 Å². The van der Waals surface area contributed by atoms with Crippen molar-refractivity contribution in [1.82, 2.24) is 9.78 Å². The van der Waals surface area contributed by atoms with Crippen molar-refractivity contribution < 1.29 is 18.3 Å². The fourth-order valence-electron chi connectivity index (χ4n) is 4.48. The highest BCUT2D eigenvalue weighted by Crippen LogP contribution is 2.50. The molecule has 1 aromatic heterocycles. The zero-order valence-electron chi connectivity index (χ0n) is 15.1. The summed E-state index contributed by atoms with van der Waals surface area (Å²) >= 11 is 6.30. The Labute approximate surface area is 164 Å². The minimum absolute atomic E-state index is 0.119. The van der Waals surface area contributed by atoms with Gasteiger partial charge in [0.15, 0.2) is 5.82 Å². The quantitative estimate of drug-likeness (QED) is 0.729. The number of hydrogen-bond donors (Lipinski definition) is 0. The van der Waals surface area contributed by atoms with E-state index in [2.05, 4.69) is 5.10 Å². The smallest absolute Gasteiger partial charge is 0.313 e. The molecule has 6 nitrogen and oxygen atoms in total. The number of halogens is 3. The van der Waals surface area contributed by atoms with Crippen molar-refractivity contribution in [3.8, 4) is 5.69 Å². The number of esters is 1. The third kappa shape index (κ3) is 2.78. The first-order valence-electron chi connectivity index (χ1n) is 8.94. The maximum atomic E-state index is 14.0. The van der Waals surface area contributed by atoms with Crippen LogP contribution in [0.1, 0.15) is 19.3 Å². The van der Waals surface area contributed by atoms with Crippen LogP contribution in [0, 0.1) is 23.0 Å². The van der Waals surface area contributed by atoms with Gasteiger partial charge in [-0.15, -0.1) is 0 Å². The molecule has 0 radical (unpaired) electrons. The molecule has 2 heterocycles. The average molecular weight is 410 g/mol. The second kappa shape index (κ2) is 6.84. The van der Waals surface area contributed by atoms with Gasteiger partial charge in [0, 0.05) is 19.2 Å². The molecule has 28 heavy (non-hydrogen) atoms. The number of carbonyl (C=O) groups excluding carboxylic acids is 1. The van der Waals surface area contributed by atoms with Gasteiger partial charge in [-0.25, -0.2) is 8.78 Å². The summed E-state index contributed by atoms with van der Waals surface area (Å²) in [6.07, 6.45) is 3.95. The summed E-state index contributed by atoms with van der Waals surface area (Å²) < 4.78 is 33.0. The molecule has 4 rings (SSSR count). The normalized spacial score (nSPS) is 23.7. The number of hydrogen-bond acceptors (Lipinski definition) is 5. The van der Waals surface area contributed by atoms with E-state index in [-0.39, 0.29) is 22.6 Å². The van der Waals surface area contributed by atoms with Crippen molar-refractivity contribution in [2.24, 2.45) is 11.3 Å². The Morgan fingerprint density at radius 1 is 1.36 bits per heavy atom. The third-order valence-electron chi connectivity index (χ3n) is 5.84. The molecule has 148 valence electrons. The average Bonchev–Trinajstić information content (AvgIpc) is 3.22. The molecule has 2 atom stereocenters. The monoisotopic (exact) mass is 409 g/mol. The number of nitrogens with zero attached hydrogens (tertiary/aromatic N) is 3. The number of fused-ring (bicyclic) bond motifs is 1. The molecule has 2 aromatic rings. The van der Waals surface area contributed by atoms with Crippen LogP contribution in [-0.2, 0) is 9.53 Å². The van der Waals surface area contributed by atoms with Gasteiger partial charge in [0.25, 0.3) is 5.56 Å². The Hall–Kier alpha value is -2.48. The van der Waals surface area contributed by atoms with E-state index in [0.29, 0.717) is 24.8 Å². The lowest BCUT2D eigenvalue weighted by molar-refractivity contribution is -0.152. The standard InChI is InChI=1S/C19H18ClF2N3O3/c1-28-18(27)19-6-2-3-11(19)9-24(10-19)15-8-23-25(17(26)16(15)20)14-5-4-12(21)7-13(14)22/h4-5,7-8,11H,2-3,6,9-10H2,1H3. The highest BCUT2D eigenvalue weighted by atomic mass is 35.5. The molecule has 9 heteroatoms.